The Morgan fingerprint density at radius 2 is 2.00 bits per heavy atom. The van der Waals surface area contributed by atoms with E-state index in [0.29, 0.717) is 11.4 Å². The summed E-state index contributed by atoms with van der Waals surface area (Å²) in [5.74, 6) is 0.532. The molecule has 1 aromatic rings. The van der Waals surface area contributed by atoms with Crippen molar-refractivity contribution in [2.45, 2.75) is 46.1 Å². The molecule has 0 spiro atoms. The largest absolute Gasteiger partial charge is 0.347 e. The molecule has 1 atom stereocenters. The fourth-order valence-corrected chi connectivity index (χ4v) is 2.18. The Bertz CT molecular complexity index is 431. The topological polar surface area (TPSA) is 29.1 Å². The second-order valence-corrected chi connectivity index (χ2v) is 5.48. The summed E-state index contributed by atoms with van der Waals surface area (Å²) in [6, 6.07) is 5.78. The number of rotatable bonds is 5. The monoisotopic (exact) mass is 267 g/mol. The molecule has 2 nitrogen and oxygen atoms in total. The lowest BCUT2D eigenvalue weighted by molar-refractivity contribution is 0.0901. The van der Waals surface area contributed by atoms with Crippen molar-refractivity contribution in [3.05, 3.63) is 34.9 Å². The maximum Gasteiger partial charge on any atom is 0.251 e. The lowest BCUT2D eigenvalue weighted by atomic mass is 9.94. The van der Waals surface area contributed by atoms with Gasteiger partial charge in [0.2, 0.25) is 0 Å². The lowest BCUT2D eigenvalue weighted by Crippen LogP contribution is -2.45. The van der Waals surface area contributed by atoms with Crippen molar-refractivity contribution in [2.24, 2.45) is 0 Å². The van der Waals surface area contributed by atoms with Gasteiger partial charge in [0.15, 0.2) is 0 Å². The zero-order valence-electron chi connectivity index (χ0n) is 11.6. The van der Waals surface area contributed by atoms with Crippen LogP contribution in [0.25, 0.3) is 0 Å². The van der Waals surface area contributed by atoms with E-state index < -0.39 is 0 Å². The summed E-state index contributed by atoms with van der Waals surface area (Å²) < 4.78 is 0. The third-order valence-electron chi connectivity index (χ3n) is 3.61. The van der Waals surface area contributed by atoms with Gasteiger partial charge >= 0.3 is 0 Å². The summed E-state index contributed by atoms with van der Waals surface area (Å²) in [7, 11) is 0. The highest BCUT2D eigenvalue weighted by atomic mass is 35.5. The zero-order valence-corrected chi connectivity index (χ0v) is 12.4. The Hall–Kier alpha value is -1.02. The normalized spacial score (nSPS) is 14.1. The summed E-state index contributed by atoms with van der Waals surface area (Å²) in [4.78, 5) is 12.2. The SMILES string of the molecule is CCC(C)(CCCl)NC(=O)c1ccc(C)c(C)c1. The van der Waals surface area contributed by atoms with Gasteiger partial charge < -0.3 is 5.32 Å². The second kappa shape index (κ2) is 6.24. The second-order valence-electron chi connectivity index (χ2n) is 5.11. The summed E-state index contributed by atoms with van der Waals surface area (Å²) in [6.45, 7) is 8.16. The Balaban J connectivity index is 2.84. The van der Waals surface area contributed by atoms with Crippen molar-refractivity contribution < 1.29 is 4.79 Å². The minimum atomic E-state index is -0.225. The fraction of sp³-hybridized carbons (Fsp3) is 0.533. The van der Waals surface area contributed by atoms with Crippen LogP contribution in [0.5, 0.6) is 0 Å². The van der Waals surface area contributed by atoms with Gasteiger partial charge in [0.05, 0.1) is 0 Å². The van der Waals surface area contributed by atoms with E-state index in [1.165, 1.54) is 5.56 Å². The van der Waals surface area contributed by atoms with E-state index in [4.69, 9.17) is 11.6 Å². The number of carbonyl (C=O) groups is 1. The van der Waals surface area contributed by atoms with Crippen molar-refractivity contribution >= 4 is 17.5 Å². The molecule has 0 aliphatic heterocycles. The van der Waals surface area contributed by atoms with E-state index in [1.807, 2.05) is 39.0 Å². The predicted molar refractivity (Wildman–Crippen MR) is 77.4 cm³/mol. The summed E-state index contributed by atoms with van der Waals surface area (Å²) in [6.07, 6.45) is 1.65. The molecule has 1 unspecified atom stereocenters. The molecule has 0 aromatic heterocycles. The van der Waals surface area contributed by atoms with Gasteiger partial charge in [-0.2, -0.15) is 0 Å². The third-order valence-corrected chi connectivity index (χ3v) is 3.80. The van der Waals surface area contributed by atoms with E-state index in [-0.39, 0.29) is 11.4 Å². The maximum atomic E-state index is 12.2. The standard InChI is InChI=1S/C15H22ClNO/c1-5-15(4,8-9-16)17-14(18)13-7-6-11(2)12(3)10-13/h6-7,10H,5,8-9H2,1-4H3,(H,17,18). The molecule has 0 radical (unpaired) electrons. The molecule has 1 N–H and O–H groups in total. The van der Waals surface area contributed by atoms with Crippen LogP contribution in [0.15, 0.2) is 18.2 Å². The first kappa shape index (κ1) is 15.0. The predicted octanol–water partition coefficient (Wildman–Crippen LogP) is 3.83. The van der Waals surface area contributed by atoms with Crippen LogP contribution in [0.2, 0.25) is 0 Å². The molecule has 0 saturated heterocycles. The van der Waals surface area contributed by atoms with Gasteiger partial charge in [-0.25, -0.2) is 0 Å². The molecule has 3 heteroatoms. The number of amides is 1. The average molecular weight is 268 g/mol. The van der Waals surface area contributed by atoms with Crippen LogP contribution in [-0.4, -0.2) is 17.3 Å². The molecule has 0 bridgehead atoms. The minimum absolute atomic E-state index is 0.0208. The molecule has 1 aromatic carbocycles. The molecule has 1 rings (SSSR count). The van der Waals surface area contributed by atoms with E-state index in [9.17, 15) is 4.79 Å². The first-order valence-corrected chi connectivity index (χ1v) is 6.91. The highest BCUT2D eigenvalue weighted by molar-refractivity contribution is 6.17. The molecule has 18 heavy (non-hydrogen) atoms. The first-order valence-electron chi connectivity index (χ1n) is 6.37. The molecular weight excluding hydrogens is 246 g/mol. The quantitative estimate of drug-likeness (QED) is 0.807. The summed E-state index contributed by atoms with van der Waals surface area (Å²) in [5, 5.41) is 3.08. The lowest BCUT2D eigenvalue weighted by Gasteiger charge is -2.29. The maximum absolute atomic E-state index is 12.2. The van der Waals surface area contributed by atoms with Crippen LogP contribution in [0.1, 0.15) is 48.2 Å². The number of aryl methyl sites for hydroxylation is 2. The van der Waals surface area contributed by atoms with E-state index >= 15 is 0 Å². The van der Waals surface area contributed by atoms with Crippen LogP contribution in [0.4, 0.5) is 0 Å². The molecule has 0 saturated carbocycles. The van der Waals surface area contributed by atoms with Gasteiger partial charge in [-0.05, 0) is 56.9 Å². The van der Waals surface area contributed by atoms with E-state index in [2.05, 4.69) is 12.2 Å². The van der Waals surface area contributed by atoms with Gasteiger partial charge in [0.25, 0.3) is 5.91 Å². The smallest absolute Gasteiger partial charge is 0.251 e. The molecular formula is C15H22ClNO. The van der Waals surface area contributed by atoms with Crippen molar-refractivity contribution in [3.8, 4) is 0 Å². The molecule has 1 amide bonds. The first-order chi connectivity index (χ1) is 8.41. The van der Waals surface area contributed by atoms with Crippen LogP contribution < -0.4 is 5.32 Å². The Kier molecular flexibility index (Phi) is 5.21. The fourth-order valence-electron chi connectivity index (χ4n) is 1.77. The highest BCUT2D eigenvalue weighted by Gasteiger charge is 2.24. The van der Waals surface area contributed by atoms with Crippen molar-refractivity contribution in [2.75, 3.05) is 5.88 Å². The number of alkyl halides is 1. The Labute approximate surface area is 115 Å². The molecule has 0 fully saturated rings. The number of benzene rings is 1. The van der Waals surface area contributed by atoms with Crippen LogP contribution in [0.3, 0.4) is 0 Å². The third kappa shape index (κ3) is 3.74. The minimum Gasteiger partial charge on any atom is -0.347 e. The van der Waals surface area contributed by atoms with E-state index in [0.717, 1.165) is 18.4 Å². The zero-order chi connectivity index (χ0) is 13.8. The molecule has 0 heterocycles. The molecule has 0 aliphatic rings. The summed E-state index contributed by atoms with van der Waals surface area (Å²) in [5.41, 5.74) is 2.83. The van der Waals surface area contributed by atoms with Crippen molar-refractivity contribution in [3.63, 3.8) is 0 Å². The van der Waals surface area contributed by atoms with Crippen LogP contribution >= 0.6 is 11.6 Å². The van der Waals surface area contributed by atoms with Gasteiger partial charge in [0, 0.05) is 17.0 Å². The highest BCUT2D eigenvalue weighted by Crippen LogP contribution is 2.17. The molecule has 100 valence electrons. The number of carbonyl (C=O) groups excluding carboxylic acids is 1. The number of hydrogen-bond donors (Lipinski definition) is 1. The average Bonchev–Trinajstić information content (AvgIpc) is 2.32. The summed E-state index contributed by atoms with van der Waals surface area (Å²) >= 11 is 5.79. The van der Waals surface area contributed by atoms with Gasteiger partial charge in [0.1, 0.15) is 0 Å². The van der Waals surface area contributed by atoms with E-state index in [1.54, 1.807) is 0 Å². The number of nitrogens with one attached hydrogen (secondary N) is 1. The van der Waals surface area contributed by atoms with Crippen molar-refractivity contribution in [1.82, 2.24) is 5.32 Å². The Morgan fingerprint density at radius 1 is 1.33 bits per heavy atom. The number of halogens is 1. The number of hydrogen-bond acceptors (Lipinski definition) is 1. The van der Waals surface area contributed by atoms with Gasteiger partial charge in [-0.15, -0.1) is 11.6 Å². The van der Waals surface area contributed by atoms with Crippen molar-refractivity contribution in [1.29, 1.82) is 0 Å². The molecule has 0 aliphatic carbocycles. The van der Waals surface area contributed by atoms with Gasteiger partial charge in [-0.1, -0.05) is 13.0 Å². The van der Waals surface area contributed by atoms with Crippen LogP contribution in [-0.2, 0) is 0 Å². The van der Waals surface area contributed by atoms with Crippen LogP contribution in [0, 0.1) is 13.8 Å². The Morgan fingerprint density at radius 3 is 2.50 bits per heavy atom. The van der Waals surface area contributed by atoms with Gasteiger partial charge in [-0.3, -0.25) is 4.79 Å².